The second-order valence-corrected chi connectivity index (χ2v) is 6.47. The van der Waals surface area contributed by atoms with Crippen LogP contribution in [0, 0.1) is 0 Å². The summed E-state index contributed by atoms with van der Waals surface area (Å²) >= 11 is 3.46. The summed E-state index contributed by atoms with van der Waals surface area (Å²) < 4.78 is 6.96. The van der Waals surface area contributed by atoms with Crippen molar-refractivity contribution in [3.63, 3.8) is 0 Å². The molecular formula is C18H21BrClNO. The highest BCUT2D eigenvalue weighted by atomic mass is 79.9. The zero-order chi connectivity index (χ0) is 14.5. The lowest BCUT2D eigenvalue weighted by molar-refractivity contribution is -0.00000454. The van der Waals surface area contributed by atoms with E-state index in [1.54, 1.807) is 0 Å². The molecular weight excluding hydrogens is 362 g/mol. The summed E-state index contributed by atoms with van der Waals surface area (Å²) in [5.41, 5.74) is 2.63. The summed E-state index contributed by atoms with van der Waals surface area (Å²) in [6.07, 6.45) is 3.44. The molecule has 118 valence electrons. The highest BCUT2D eigenvalue weighted by Gasteiger charge is 2.14. The molecule has 3 rings (SSSR count). The summed E-state index contributed by atoms with van der Waals surface area (Å²) in [5, 5.41) is 3.45. The summed E-state index contributed by atoms with van der Waals surface area (Å²) in [4.78, 5) is 0. The second-order valence-electron chi connectivity index (χ2n) is 5.55. The van der Waals surface area contributed by atoms with Crippen LogP contribution < -0.4 is 22.5 Å². The molecule has 0 aliphatic carbocycles. The van der Waals surface area contributed by atoms with Crippen molar-refractivity contribution in [2.24, 2.45) is 0 Å². The Bertz CT molecular complexity index is 571. The van der Waals surface area contributed by atoms with E-state index in [-0.39, 0.29) is 13.8 Å². The lowest BCUT2D eigenvalue weighted by Crippen LogP contribution is -3.00. The summed E-state index contributed by atoms with van der Waals surface area (Å²) in [5.74, 6) is 0.961. The average Bonchev–Trinajstić information content (AvgIpc) is 3.02. The third-order valence-electron chi connectivity index (χ3n) is 3.86. The third kappa shape index (κ3) is 5.01. The Morgan fingerprint density at radius 2 is 1.68 bits per heavy atom. The van der Waals surface area contributed by atoms with Crippen molar-refractivity contribution in [2.45, 2.75) is 25.3 Å². The van der Waals surface area contributed by atoms with Crippen molar-refractivity contribution in [1.29, 1.82) is 0 Å². The van der Waals surface area contributed by atoms with Gasteiger partial charge in [0.1, 0.15) is 12.4 Å². The van der Waals surface area contributed by atoms with Crippen LogP contribution in [0.1, 0.15) is 25.4 Å². The largest absolute Gasteiger partial charge is 1.00 e. The SMILES string of the molecule is Brc1ccc(Cc2ccc(OC[C@H]3CCCN3)cc2)cc1.[Cl-].[H+]. The van der Waals surface area contributed by atoms with Crippen LogP contribution in [0.5, 0.6) is 5.75 Å². The van der Waals surface area contributed by atoms with Crippen LogP contribution in [0.25, 0.3) is 0 Å². The number of rotatable bonds is 5. The van der Waals surface area contributed by atoms with Crippen LogP contribution in [-0.2, 0) is 6.42 Å². The van der Waals surface area contributed by atoms with Crippen molar-refractivity contribution < 1.29 is 18.6 Å². The molecule has 1 saturated heterocycles. The fourth-order valence-electron chi connectivity index (χ4n) is 2.64. The first kappa shape index (κ1) is 17.3. The van der Waals surface area contributed by atoms with E-state index in [1.165, 1.54) is 24.0 Å². The Balaban J connectivity index is 0.00000132. The zero-order valence-corrected chi connectivity index (χ0v) is 14.7. The molecule has 0 aromatic heterocycles. The predicted octanol–water partition coefficient (Wildman–Crippen LogP) is 1.29. The van der Waals surface area contributed by atoms with Gasteiger partial charge < -0.3 is 22.5 Å². The van der Waals surface area contributed by atoms with Crippen LogP contribution in [-0.4, -0.2) is 19.2 Å². The van der Waals surface area contributed by atoms with Crippen LogP contribution in [0.15, 0.2) is 53.0 Å². The van der Waals surface area contributed by atoms with E-state index in [4.69, 9.17) is 4.74 Å². The van der Waals surface area contributed by atoms with Gasteiger partial charge in [0.15, 0.2) is 0 Å². The summed E-state index contributed by atoms with van der Waals surface area (Å²) in [6.45, 7) is 1.90. The van der Waals surface area contributed by atoms with Gasteiger partial charge in [0, 0.05) is 10.5 Å². The van der Waals surface area contributed by atoms with Gasteiger partial charge in [-0.2, -0.15) is 0 Å². The monoisotopic (exact) mass is 381 g/mol. The molecule has 1 aliphatic rings. The number of hydrogen-bond acceptors (Lipinski definition) is 2. The maximum atomic E-state index is 5.84. The maximum absolute atomic E-state index is 5.84. The van der Waals surface area contributed by atoms with Crippen molar-refractivity contribution >= 4 is 15.9 Å². The lowest BCUT2D eigenvalue weighted by atomic mass is 10.1. The third-order valence-corrected chi connectivity index (χ3v) is 4.39. The van der Waals surface area contributed by atoms with Crippen molar-refractivity contribution in [1.82, 2.24) is 5.32 Å². The van der Waals surface area contributed by atoms with E-state index in [0.29, 0.717) is 6.04 Å². The first-order valence-corrected chi connectivity index (χ1v) is 8.28. The van der Waals surface area contributed by atoms with E-state index < -0.39 is 0 Å². The minimum Gasteiger partial charge on any atom is -1.00 e. The molecule has 0 spiro atoms. The van der Waals surface area contributed by atoms with Crippen LogP contribution in [0.3, 0.4) is 0 Å². The normalized spacial score (nSPS) is 17.0. The number of benzene rings is 2. The molecule has 2 nitrogen and oxygen atoms in total. The highest BCUT2D eigenvalue weighted by Crippen LogP contribution is 2.18. The Labute approximate surface area is 148 Å². The van der Waals surface area contributed by atoms with E-state index in [0.717, 1.165) is 29.8 Å². The van der Waals surface area contributed by atoms with E-state index in [1.807, 2.05) is 0 Å². The quantitative estimate of drug-likeness (QED) is 0.841. The molecule has 0 radical (unpaired) electrons. The van der Waals surface area contributed by atoms with Crippen molar-refractivity contribution in [3.8, 4) is 5.75 Å². The molecule has 1 aliphatic heterocycles. The Morgan fingerprint density at radius 1 is 1.05 bits per heavy atom. The van der Waals surface area contributed by atoms with Crippen LogP contribution >= 0.6 is 15.9 Å². The molecule has 0 amide bonds. The van der Waals surface area contributed by atoms with Gasteiger partial charge in [-0.25, -0.2) is 0 Å². The number of halogens is 2. The summed E-state index contributed by atoms with van der Waals surface area (Å²) in [7, 11) is 0. The molecule has 1 N–H and O–H groups in total. The molecule has 2 aromatic carbocycles. The fraction of sp³-hybridized carbons (Fsp3) is 0.333. The molecule has 22 heavy (non-hydrogen) atoms. The minimum absolute atomic E-state index is 0. The van der Waals surface area contributed by atoms with E-state index in [9.17, 15) is 0 Å². The average molecular weight is 383 g/mol. The molecule has 1 fully saturated rings. The standard InChI is InChI=1S/C18H20BrNO.ClH/c19-16-7-3-14(4-8-16)12-15-5-9-18(10-6-15)21-13-17-2-1-11-20-17;/h3-10,17,20H,1-2,11-13H2;1H/t17-;/m1./s1. The maximum Gasteiger partial charge on any atom is 1.00 e. The summed E-state index contributed by atoms with van der Waals surface area (Å²) in [6, 6.07) is 17.4. The van der Waals surface area contributed by atoms with Gasteiger partial charge in [-0.15, -0.1) is 0 Å². The van der Waals surface area contributed by atoms with Crippen molar-refractivity contribution in [2.75, 3.05) is 13.2 Å². The van der Waals surface area contributed by atoms with E-state index in [2.05, 4.69) is 69.8 Å². The number of hydrogen-bond donors (Lipinski definition) is 1. The van der Waals surface area contributed by atoms with E-state index >= 15 is 0 Å². The molecule has 0 bridgehead atoms. The topological polar surface area (TPSA) is 21.3 Å². The lowest BCUT2D eigenvalue weighted by Gasteiger charge is -2.12. The first-order valence-electron chi connectivity index (χ1n) is 7.49. The number of ether oxygens (including phenoxy) is 1. The fourth-order valence-corrected chi connectivity index (χ4v) is 2.90. The van der Waals surface area contributed by atoms with Gasteiger partial charge in [0.2, 0.25) is 0 Å². The Morgan fingerprint density at radius 3 is 2.27 bits per heavy atom. The van der Waals surface area contributed by atoms with Gasteiger partial charge in [-0.3, -0.25) is 0 Å². The highest BCUT2D eigenvalue weighted by molar-refractivity contribution is 9.10. The van der Waals surface area contributed by atoms with Crippen LogP contribution in [0.4, 0.5) is 0 Å². The van der Waals surface area contributed by atoms with Gasteiger partial charge in [0.25, 0.3) is 0 Å². The molecule has 2 aromatic rings. The molecule has 4 heteroatoms. The first-order chi connectivity index (χ1) is 10.3. The van der Waals surface area contributed by atoms with Crippen molar-refractivity contribution in [3.05, 3.63) is 64.1 Å². The molecule has 0 saturated carbocycles. The number of nitrogens with one attached hydrogen (secondary N) is 1. The Kier molecular flexibility index (Phi) is 6.74. The molecule has 1 heterocycles. The minimum atomic E-state index is 0. The zero-order valence-electron chi connectivity index (χ0n) is 13.4. The second kappa shape index (κ2) is 8.56. The van der Waals surface area contributed by atoms with Crippen LogP contribution in [0.2, 0.25) is 0 Å². The predicted molar refractivity (Wildman–Crippen MR) is 91.0 cm³/mol. The van der Waals surface area contributed by atoms with Gasteiger partial charge in [-0.05, 0) is 61.2 Å². The smallest absolute Gasteiger partial charge is 1.00 e. The molecule has 1 atom stereocenters. The van der Waals surface area contributed by atoms with Gasteiger partial charge in [0.05, 0.1) is 0 Å². The van der Waals surface area contributed by atoms with Gasteiger partial charge in [-0.1, -0.05) is 40.2 Å². The van der Waals surface area contributed by atoms with Gasteiger partial charge >= 0.3 is 1.43 Å². The Hall–Kier alpha value is -1.03. The molecule has 0 unspecified atom stereocenters.